The first-order valence-corrected chi connectivity index (χ1v) is 8.84. The van der Waals surface area contributed by atoms with Crippen molar-refractivity contribution in [1.29, 1.82) is 0 Å². The van der Waals surface area contributed by atoms with Crippen LogP contribution in [0.25, 0.3) is 0 Å². The van der Waals surface area contributed by atoms with E-state index in [1.54, 1.807) is 16.0 Å². The minimum absolute atomic E-state index is 0.0161. The summed E-state index contributed by atoms with van der Waals surface area (Å²) in [7, 11) is 3.79. The van der Waals surface area contributed by atoms with Gasteiger partial charge in [0, 0.05) is 44.2 Å². The Kier molecular flexibility index (Phi) is 4.65. The lowest BCUT2D eigenvalue weighted by molar-refractivity contribution is -0.134. The first kappa shape index (κ1) is 15.7. The molecular weight excluding hydrogens is 364 g/mol. The Morgan fingerprint density at radius 3 is 3.00 bits per heavy atom. The number of rotatable bonds is 4. The van der Waals surface area contributed by atoms with Crippen LogP contribution in [-0.4, -0.2) is 40.7 Å². The summed E-state index contributed by atoms with van der Waals surface area (Å²) in [5, 5.41) is 7.58. The molecule has 1 amide bonds. The van der Waals surface area contributed by atoms with Crippen molar-refractivity contribution in [2.24, 2.45) is 13.0 Å². The van der Waals surface area contributed by atoms with E-state index in [0.717, 1.165) is 22.4 Å². The molecule has 2 aromatic heterocycles. The van der Waals surface area contributed by atoms with E-state index >= 15 is 0 Å². The fourth-order valence-electron chi connectivity index (χ4n) is 2.95. The van der Waals surface area contributed by atoms with Gasteiger partial charge in [-0.1, -0.05) is 0 Å². The fourth-order valence-corrected chi connectivity index (χ4v) is 4.49. The maximum absolute atomic E-state index is 12.8. The summed E-state index contributed by atoms with van der Waals surface area (Å²) >= 11 is 5.13. The van der Waals surface area contributed by atoms with Gasteiger partial charge < -0.3 is 10.2 Å². The van der Waals surface area contributed by atoms with Crippen LogP contribution in [-0.2, 0) is 18.4 Å². The van der Waals surface area contributed by atoms with E-state index in [1.165, 1.54) is 4.88 Å². The van der Waals surface area contributed by atoms with Crippen LogP contribution < -0.4 is 5.32 Å². The molecule has 7 heteroatoms. The molecule has 22 heavy (non-hydrogen) atoms. The number of nitrogens with one attached hydrogen (secondary N) is 1. The molecule has 3 rings (SSSR count). The van der Waals surface area contributed by atoms with Crippen LogP contribution in [0.15, 0.2) is 28.3 Å². The van der Waals surface area contributed by atoms with Gasteiger partial charge in [-0.05, 0) is 33.6 Å². The highest BCUT2D eigenvalue weighted by molar-refractivity contribution is 9.11. The summed E-state index contributed by atoms with van der Waals surface area (Å²) in [6, 6.07) is 4.08. The first-order valence-electron chi connectivity index (χ1n) is 7.23. The molecule has 0 spiro atoms. The van der Waals surface area contributed by atoms with E-state index in [-0.39, 0.29) is 17.7 Å². The zero-order valence-electron chi connectivity index (χ0n) is 12.6. The van der Waals surface area contributed by atoms with Gasteiger partial charge in [0.1, 0.15) is 0 Å². The number of aromatic nitrogens is 2. The SMILES string of the molecule is CN(Cc1ccc(Br)s1)C(=O)[C@H]1CNC[C@@H]1c1cnn(C)c1. The van der Waals surface area contributed by atoms with Crippen LogP contribution in [0.3, 0.4) is 0 Å². The normalized spacial score (nSPS) is 21.2. The van der Waals surface area contributed by atoms with Crippen molar-refractivity contribution < 1.29 is 4.79 Å². The summed E-state index contributed by atoms with van der Waals surface area (Å²) in [6.45, 7) is 2.22. The van der Waals surface area contributed by atoms with Gasteiger partial charge in [-0.25, -0.2) is 0 Å². The summed E-state index contributed by atoms with van der Waals surface area (Å²) < 4.78 is 2.89. The number of halogens is 1. The highest BCUT2D eigenvalue weighted by Crippen LogP contribution is 2.30. The van der Waals surface area contributed by atoms with Crippen LogP contribution in [0, 0.1) is 5.92 Å². The minimum Gasteiger partial charge on any atom is -0.340 e. The largest absolute Gasteiger partial charge is 0.340 e. The van der Waals surface area contributed by atoms with E-state index in [0.29, 0.717) is 6.54 Å². The number of carbonyl (C=O) groups is 1. The number of amides is 1. The van der Waals surface area contributed by atoms with Gasteiger partial charge in [-0.2, -0.15) is 5.10 Å². The molecule has 1 fully saturated rings. The topological polar surface area (TPSA) is 50.2 Å². The molecule has 1 N–H and O–H groups in total. The molecule has 0 aromatic carbocycles. The Morgan fingerprint density at radius 1 is 1.55 bits per heavy atom. The average Bonchev–Trinajstić information content (AvgIpc) is 3.18. The number of nitrogens with zero attached hydrogens (tertiary/aromatic N) is 3. The Labute approximate surface area is 142 Å². The number of thiophene rings is 1. The van der Waals surface area contributed by atoms with E-state index < -0.39 is 0 Å². The quantitative estimate of drug-likeness (QED) is 0.881. The Balaban J connectivity index is 1.70. The lowest BCUT2D eigenvalue weighted by Crippen LogP contribution is -2.35. The van der Waals surface area contributed by atoms with Crippen molar-refractivity contribution >= 4 is 33.2 Å². The molecule has 0 saturated carbocycles. The monoisotopic (exact) mass is 382 g/mol. The van der Waals surface area contributed by atoms with Gasteiger partial charge in [-0.3, -0.25) is 9.48 Å². The molecule has 1 saturated heterocycles. The highest BCUT2D eigenvalue weighted by atomic mass is 79.9. The van der Waals surface area contributed by atoms with Crippen LogP contribution in [0.2, 0.25) is 0 Å². The molecule has 0 radical (unpaired) electrons. The molecular formula is C15H19BrN4OS. The van der Waals surface area contributed by atoms with Crippen molar-refractivity contribution in [3.05, 3.63) is 38.8 Å². The standard InChI is InChI=1S/C15H19BrN4OS/c1-19(9-11-3-4-14(16)22-11)15(21)13-7-17-6-12(13)10-5-18-20(2)8-10/h3-5,8,12-13,17H,6-7,9H2,1-2H3/t12-,13+/m1/s1. The van der Waals surface area contributed by atoms with Gasteiger partial charge in [0.25, 0.3) is 0 Å². The molecule has 0 bridgehead atoms. The molecule has 3 heterocycles. The Hall–Kier alpha value is -1.18. The Bertz CT molecular complexity index is 668. The lowest BCUT2D eigenvalue weighted by atomic mass is 9.90. The third-order valence-electron chi connectivity index (χ3n) is 4.08. The number of hydrogen-bond acceptors (Lipinski definition) is 4. The molecule has 0 unspecified atom stereocenters. The molecule has 2 atom stereocenters. The van der Waals surface area contributed by atoms with E-state index in [9.17, 15) is 4.79 Å². The highest BCUT2D eigenvalue weighted by Gasteiger charge is 2.36. The Morgan fingerprint density at radius 2 is 2.36 bits per heavy atom. The summed E-state index contributed by atoms with van der Waals surface area (Å²) in [6.07, 6.45) is 3.88. The second-order valence-electron chi connectivity index (χ2n) is 5.72. The van der Waals surface area contributed by atoms with Gasteiger partial charge in [0.2, 0.25) is 5.91 Å². The van der Waals surface area contributed by atoms with E-state index in [4.69, 9.17) is 0 Å². The van der Waals surface area contributed by atoms with E-state index in [2.05, 4.69) is 32.4 Å². The van der Waals surface area contributed by atoms with Crippen LogP contribution in [0.5, 0.6) is 0 Å². The van der Waals surface area contributed by atoms with Crippen molar-refractivity contribution in [2.75, 3.05) is 20.1 Å². The average molecular weight is 383 g/mol. The van der Waals surface area contributed by atoms with Crippen molar-refractivity contribution in [3.63, 3.8) is 0 Å². The summed E-state index contributed by atoms with van der Waals surface area (Å²) in [5.41, 5.74) is 1.14. The second kappa shape index (κ2) is 6.52. The summed E-state index contributed by atoms with van der Waals surface area (Å²) in [5.74, 6) is 0.389. The van der Waals surface area contributed by atoms with E-state index in [1.807, 2.05) is 37.5 Å². The van der Waals surface area contributed by atoms with Gasteiger partial charge >= 0.3 is 0 Å². The lowest BCUT2D eigenvalue weighted by Gasteiger charge is -2.23. The fraction of sp³-hybridized carbons (Fsp3) is 0.467. The molecule has 1 aliphatic rings. The molecule has 118 valence electrons. The number of carbonyl (C=O) groups excluding carboxylic acids is 1. The van der Waals surface area contributed by atoms with Crippen LogP contribution in [0.1, 0.15) is 16.4 Å². The molecule has 0 aliphatic carbocycles. The predicted octanol–water partition coefficient (Wildman–Crippen LogP) is 2.21. The summed E-state index contributed by atoms with van der Waals surface area (Å²) in [4.78, 5) is 15.8. The van der Waals surface area contributed by atoms with Crippen molar-refractivity contribution in [3.8, 4) is 0 Å². The first-order chi connectivity index (χ1) is 10.5. The predicted molar refractivity (Wildman–Crippen MR) is 90.8 cm³/mol. The van der Waals surface area contributed by atoms with Gasteiger partial charge in [-0.15, -0.1) is 11.3 Å². The third-order valence-corrected chi connectivity index (χ3v) is 5.69. The maximum atomic E-state index is 12.8. The molecule has 2 aromatic rings. The second-order valence-corrected chi connectivity index (χ2v) is 8.27. The maximum Gasteiger partial charge on any atom is 0.227 e. The number of hydrogen-bond donors (Lipinski definition) is 1. The molecule has 1 aliphatic heterocycles. The zero-order valence-corrected chi connectivity index (χ0v) is 15.0. The van der Waals surface area contributed by atoms with Crippen molar-refractivity contribution in [2.45, 2.75) is 12.5 Å². The zero-order chi connectivity index (χ0) is 15.7. The van der Waals surface area contributed by atoms with Crippen LogP contribution in [0.4, 0.5) is 0 Å². The molecule has 5 nitrogen and oxygen atoms in total. The number of aryl methyl sites for hydroxylation is 1. The van der Waals surface area contributed by atoms with Crippen molar-refractivity contribution in [1.82, 2.24) is 20.0 Å². The van der Waals surface area contributed by atoms with Crippen LogP contribution >= 0.6 is 27.3 Å². The minimum atomic E-state index is -0.0161. The van der Waals surface area contributed by atoms with Gasteiger partial charge in [0.05, 0.1) is 22.4 Å². The van der Waals surface area contributed by atoms with Gasteiger partial charge in [0.15, 0.2) is 0 Å². The third kappa shape index (κ3) is 3.26. The smallest absolute Gasteiger partial charge is 0.227 e.